The van der Waals surface area contributed by atoms with Crippen molar-refractivity contribution in [3.8, 4) is 0 Å². The monoisotopic (exact) mass is 1240 g/mol. The lowest BCUT2D eigenvalue weighted by molar-refractivity contribution is -0.364. The van der Waals surface area contributed by atoms with Gasteiger partial charge in [-0.1, -0.05) is 53.2 Å². The van der Waals surface area contributed by atoms with Crippen LogP contribution in [0.25, 0.3) is 0 Å². The normalized spacial score (nSPS) is 50.6. The minimum atomic E-state index is -1.72. The number of fused-ring (bicyclic) bond motifs is 5. The molecule has 0 spiro atoms. The molecule has 0 aromatic rings. The number of hydrogen-bond acceptors (Lipinski definition) is 26. The van der Waals surface area contributed by atoms with Crippen molar-refractivity contribution in [3.05, 3.63) is 11.6 Å². The van der Waals surface area contributed by atoms with Crippen molar-refractivity contribution in [3.63, 3.8) is 0 Å². The molecule has 16 N–H and O–H groups in total. The van der Waals surface area contributed by atoms with Crippen LogP contribution >= 0.6 is 0 Å². The van der Waals surface area contributed by atoms with Crippen molar-refractivity contribution in [2.24, 2.45) is 45.3 Å². The molecule has 86 heavy (non-hydrogen) atoms. The van der Waals surface area contributed by atoms with Crippen LogP contribution in [-0.4, -0.2) is 274 Å². The first-order valence-electron chi connectivity index (χ1n) is 31.2. The highest BCUT2D eigenvalue weighted by molar-refractivity contribution is 5.32. The maximum atomic E-state index is 12.8. The predicted octanol–water partition coefficient (Wildman–Crippen LogP) is -2.32. The second-order valence-corrected chi connectivity index (χ2v) is 28.4. The van der Waals surface area contributed by atoms with Gasteiger partial charge in [-0.05, 0) is 99.7 Å². The molecule has 0 unspecified atom stereocenters. The molecule has 0 aromatic carbocycles. The minimum Gasteiger partial charge on any atom is -0.394 e. The maximum absolute atomic E-state index is 12.8. The van der Waals surface area contributed by atoms with Crippen molar-refractivity contribution in [1.29, 1.82) is 0 Å². The van der Waals surface area contributed by atoms with Crippen LogP contribution in [-0.2, 0) is 47.4 Å². The molecule has 32 atom stereocenters. The minimum absolute atomic E-state index is 0.0320. The summed E-state index contributed by atoms with van der Waals surface area (Å²) in [6.45, 7) is 13.9. The van der Waals surface area contributed by atoms with E-state index in [0.29, 0.717) is 38.5 Å². The third-order valence-electron chi connectivity index (χ3n) is 22.5. The molecule has 498 valence electrons. The standard InChI is InChI=1S/C60H102O26/c1-26(9-13-40(57(4,5)76)85-55-51(86-41-18-27(64)17-28(21-61)79-41)48(73)45(70)36(83-55)25-77-52-42(67)33(65)19-29(22-62)80-52)30-15-16-58(6)37-12-10-31-32(60(37,8)38(66)20-59(30,58)7)11-14-39(56(31,2)3)84-54-50(75)47(72)44(69)35(82-54)24-78-53-49(74)46(71)43(68)34(23-63)81-53/h10,26-30,32-55,61-76H,9,11-25H2,1-8H3/t26-,27+,28+,29+,30-,32-,33+,34-,35-,36-,37+,38-,39+,40-,41+,42-,43-,44-,45-,46+,47+,48+,49-,50-,51-,52-,53-,54+,55+,58+,59-,60+/m1/s1. The molecular formula is C60H102O26. The van der Waals surface area contributed by atoms with Crippen LogP contribution in [0.5, 0.6) is 0 Å². The Morgan fingerprint density at radius 2 is 1.17 bits per heavy atom. The van der Waals surface area contributed by atoms with Gasteiger partial charge in [0.05, 0.1) is 81.4 Å². The molecule has 9 aliphatic rings. The highest BCUT2D eigenvalue weighted by atomic mass is 16.8. The Hall–Kier alpha value is -1.30. The summed E-state index contributed by atoms with van der Waals surface area (Å²) in [5, 5.41) is 173. The maximum Gasteiger partial charge on any atom is 0.187 e. The van der Waals surface area contributed by atoms with E-state index in [-0.39, 0.29) is 53.8 Å². The van der Waals surface area contributed by atoms with Gasteiger partial charge < -0.3 is 129 Å². The van der Waals surface area contributed by atoms with E-state index in [0.717, 1.165) is 18.4 Å². The Morgan fingerprint density at radius 3 is 1.80 bits per heavy atom. The zero-order chi connectivity index (χ0) is 62.9. The summed E-state index contributed by atoms with van der Waals surface area (Å²) >= 11 is 0. The zero-order valence-corrected chi connectivity index (χ0v) is 50.9. The fraction of sp³-hybridized carbons (Fsp3) is 0.967. The molecule has 8 fully saturated rings. The molecule has 5 aliphatic heterocycles. The van der Waals surface area contributed by atoms with Crippen LogP contribution in [0.3, 0.4) is 0 Å². The van der Waals surface area contributed by atoms with Crippen LogP contribution in [0.15, 0.2) is 11.6 Å². The molecule has 26 heteroatoms. The summed E-state index contributed by atoms with van der Waals surface area (Å²) in [5.41, 5.74) is -2.14. The average molecular weight is 1240 g/mol. The van der Waals surface area contributed by atoms with Gasteiger partial charge in [0, 0.05) is 30.1 Å². The molecule has 4 aliphatic carbocycles. The second kappa shape index (κ2) is 27.0. The summed E-state index contributed by atoms with van der Waals surface area (Å²) in [5.74, 6) is 0.223. The molecule has 26 nitrogen and oxygen atoms in total. The lowest BCUT2D eigenvalue weighted by atomic mass is 9.38. The van der Waals surface area contributed by atoms with Gasteiger partial charge in [-0.15, -0.1) is 0 Å². The van der Waals surface area contributed by atoms with Gasteiger partial charge in [0.25, 0.3) is 0 Å². The summed E-state index contributed by atoms with van der Waals surface area (Å²) in [6.07, 6.45) is -26.0. The van der Waals surface area contributed by atoms with E-state index in [4.69, 9.17) is 47.4 Å². The molecule has 5 heterocycles. The summed E-state index contributed by atoms with van der Waals surface area (Å²) < 4.78 is 60.3. The van der Waals surface area contributed by atoms with Crippen LogP contribution in [0.4, 0.5) is 0 Å². The van der Waals surface area contributed by atoms with Gasteiger partial charge >= 0.3 is 0 Å². The number of aliphatic hydroxyl groups excluding tert-OH is 15. The van der Waals surface area contributed by atoms with E-state index in [1.807, 2.05) is 0 Å². The smallest absolute Gasteiger partial charge is 0.187 e. The van der Waals surface area contributed by atoms with E-state index in [1.165, 1.54) is 0 Å². The zero-order valence-electron chi connectivity index (χ0n) is 50.9. The summed E-state index contributed by atoms with van der Waals surface area (Å²) in [4.78, 5) is 0. The summed E-state index contributed by atoms with van der Waals surface area (Å²) in [7, 11) is 0. The Morgan fingerprint density at radius 1 is 0.593 bits per heavy atom. The Balaban J connectivity index is 0.872. The largest absolute Gasteiger partial charge is 0.394 e. The number of hydrogen-bond donors (Lipinski definition) is 16. The van der Waals surface area contributed by atoms with Crippen molar-refractivity contribution in [2.75, 3.05) is 33.0 Å². The molecule has 0 amide bonds. The van der Waals surface area contributed by atoms with Crippen molar-refractivity contribution in [2.45, 2.75) is 285 Å². The first-order chi connectivity index (χ1) is 40.3. The lowest BCUT2D eigenvalue weighted by Crippen LogP contribution is -2.65. The highest BCUT2D eigenvalue weighted by Crippen LogP contribution is 2.75. The third kappa shape index (κ3) is 13.0. The van der Waals surface area contributed by atoms with E-state index >= 15 is 0 Å². The van der Waals surface area contributed by atoms with Crippen LogP contribution < -0.4 is 0 Å². The molecule has 3 saturated carbocycles. The molecule has 5 saturated heterocycles. The average Bonchev–Trinajstić information content (AvgIpc) is 1.31. The number of rotatable bonds is 20. The third-order valence-corrected chi connectivity index (χ3v) is 22.5. The van der Waals surface area contributed by atoms with Gasteiger partial charge in [-0.25, -0.2) is 0 Å². The Labute approximate surface area is 502 Å². The number of aliphatic hydroxyl groups is 16. The van der Waals surface area contributed by atoms with Crippen molar-refractivity contribution < 1.29 is 129 Å². The van der Waals surface area contributed by atoms with Gasteiger partial charge in [-0.3, -0.25) is 0 Å². The van der Waals surface area contributed by atoms with Crippen LogP contribution in [0, 0.1) is 45.3 Å². The molecular weight excluding hydrogens is 1140 g/mol. The second-order valence-electron chi connectivity index (χ2n) is 28.4. The Kier molecular flexibility index (Phi) is 21.7. The van der Waals surface area contributed by atoms with Gasteiger partial charge in [0.1, 0.15) is 79.4 Å². The topological polar surface area (TPSA) is 416 Å². The molecule has 9 rings (SSSR count). The number of ether oxygens (including phenoxy) is 10. The molecule has 0 aromatic heterocycles. The predicted molar refractivity (Wildman–Crippen MR) is 296 cm³/mol. The first kappa shape index (κ1) is 69.1. The summed E-state index contributed by atoms with van der Waals surface area (Å²) in [6, 6.07) is 0. The van der Waals surface area contributed by atoms with Gasteiger partial charge in [0.2, 0.25) is 0 Å². The quantitative estimate of drug-likeness (QED) is 0.0569. The van der Waals surface area contributed by atoms with Gasteiger partial charge in [-0.2, -0.15) is 0 Å². The number of allylic oxidation sites excluding steroid dienone is 1. The fourth-order valence-electron chi connectivity index (χ4n) is 17.0. The van der Waals surface area contributed by atoms with E-state index in [9.17, 15) is 81.7 Å². The van der Waals surface area contributed by atoms with Crippen molar-refractivity contribution in [1.82, 2.24) is 0 Å². The fourth-order valence-corrected chi connectivity index (χ4v) is 17.0. The van der Waals surface area contributed by atoms with Gasteiger partial charge in [0.15, 0.2) is 31.5 Å². The van der Waals surface area contributed by atoms with E-state index in [1.54, 1.807) is 13.8 Å². The van der Waals surface area contributed by atoms with E-state index < -0.39 is 203 Å². The van der Waals surface area contributed by atoms with Crippen LogP contribution in [0.2, 0.25) is 0 Å². The van der Waals surface area contributed by atoms with Crippen molar-refractivity contribution >= 4 is 0 Å². The molecule has 0 bridgehead atoms. The first-order valence-corrected chi connectivity index (χ1v) is 31.2. The molecule has 0 radical (unpaired) electrons. The lowest BCUT2D eigenvalue weighted by Gasteiger charge is -2.67. The highest BCUT2D eigenvalue weighted by Gasteiger charge is 2.70. The van der Waals surface area contributed by atoms with Crippen LogP contribution in [0.1, 0.15) is 126 Å². The van der Waals surface area contributed by atoms with E-state index in [2.05, 4.69) is 47.6 Å². The Bertz CT molecular complexity index is 2240. The SMILES string of the molecule is C[C@H](CC[C@@H](O[C@@H]1O[C@H](CO[C@@H]2O[C@H](CO)C[C@H](O)[C@H]2O)[C@@H](O)[C@H](O)[C@H]1O[C@H]1C[C@@H](O)C[C@@H](CO)O1)C(C)(C)O)[C@H]1CC[C@@]2(C)[C@@H]3CC=C4[C@@H](CC[C@H](O[C@@H]5O[C@H](CO[C@@H]6O[C@H](CO)[C@@H](O)[C@H](O)[C@H]6O)[C@@H](O)[C@H](O)[C@H]5O)C4(C)C)[C@]3(C)[C@H](O)C[C@]12C.